The predicted molar refractivity (Wildman–Crippen MR) is 37.5 cm³/mol. The molecule has 0 aromatic heterocycles. The lowest BCUT2D eigenvalue weighted by Crippen LogP contribution is -2.49. The number of nitrogens with two attached hydrogens (primary N) is 1. The lowest BCUT2D eigenvalue weighted by molar-refractivity contribution is -0.115. The third-order valence-corrected chi connectivity index (χ3v) is 2.33. The van der Waals surface area contributed by atoms with Crippen LogP contribution in [0.25, 0.3) is 0 Å². The molecule has 60 valence electrons. The summed E-state index contributed by atoms with van der Waals surface area (Å²) in [6, 6.07) is 0. The first-order valence-electron chi connectivity index (χ1n) is 3.57. The summed E-state index contributed by atoms with van der Waals surface area (Å²) in [5.41, 5.74) is 4.92. The Morgan fingerprint density at radius 3 is 2.60 bits per heavy atom. The molecule has 0 atom stereocenters. The van der Waals surface area contributed by atoms with Gasteiger partial charge in [0.15, 0.2) is 0 Å². The van der Waals surface area contributed by atoms with Crippen molar-refractivity contribution in [2.75, 3.05) is 20.3 Å². The van der Waals surface area contributed by atoms with Crippen molar-refractivity contribution in [3.05, 3.63) is 0 Å². The molecule has 0 saturated heterocycles. The van der Waals surface area contributed by atoms with Crippen molar-refractivity contribution in [2.24, 2.45) is 11.7 Å². The molecular weight excluding hydrogens is 133 g/mol. The van der Waals surface area contributed by atoms with Gasteiger partial charge in [0.25, 0.3) is 0 Å². The maximum atomic E-state index is 12.2. The minimum absolute atomic E-state index is 0.375. The van der Waals surface area contributed by atoms with Crippen molar-refractivity contribution in [2.45, 2.75) is 18.4 Å². The molecule has 0 heterocycles. The first-order chi connectivity index (χ1) is 4.76. The Morgan fingerprint density at radius 1 is 1.70 bits per heavy atom. The third-order valence-electron chi connectivity index (χ3n) is 2.33. The molecule has 1 rings (SSSR count). The van der Waals surface area contributed by atoms with Gasteiger partial charge in [-0.2, -0.15) is 0 Å². The van der Waals surface area contributed by atoms with E-state index >= 15 is 0 Å². The SMILES string of the molecule is COC1(CF)CC(CN)C1. The van der Waals surface area contributed by atoms with Crippen molar-refractivity contribution >= 4 is 0 Å². The maximum Gasteiger partial charge on any atom is 0.118 e. The third kappa shape index (κ3) is 1.16. The van der Waals surface area contributed by atoms with Crippen molar-refractivity contribution in [1.82, 2.24) is 0 Å². The standard InChI is InChI=1S/C7H14FNO/c1-10-7(5-8)2-6(3-7)4-9/h6H,2-5,9H2,1H3. The van der Waals surface area contributed by atoms with E-state index in [1.54, 1.807) is 7.11 Å². The molecule has 2 nitrogen and oxygen atoms in total. The second kappa shape index (κ2) is 2.84. The Balaban J connectivity index is 2.31. The van der Waals surface area contributed by atoms with E-state index in [9.17, 15) is 4.39 Å². The largest absolute Gasteiger partial charge is 0.375 e. The van der Waals surface area contributed by atoms with Crippen LogP contribution in [0, 0.1) is 5.92 Å². The first kappa shape index (κ1) is 7.95. The van der Waals surface area contributed by atoms with E-state index in [1.807, 2.05) is 0 Å². The second-order valence-corrected chi connectivity index (χ2v) is 3.03. The number of alkyl halides is 1. The monoisotopic (exact) mass is 147 g/mol. The molecule has 0 amide bonds. The Morgan fingerprint density at radius 2 is 2.30 bits per heavy atom. The van der Waals surface area contributed by atoms with Gasteiger partial charge in [-0.25, -0.2) is 4.39 Å². The Bertz CT molecular complexity index is 106. The van der Waals surface area contributed by atoms with Gasteiger partial charge in [-0.3, -0.25) is 0 Å². The second-order valence-electron chi connectivity index (χ2n) is 3.03. The molecule has 0 bridgehead atoms. The zero-order chi connectivity index (χ0) is 7.61. The van der Waals surface area contributed by atoms with Gasteiger partial charge in [0.1, 0.15) is 6.67 Å². The van der Waals surface area contributed by atoms with Crippen LogP contribution in [-0.2, 0) is 4.74 Å². The van der Waals surface area contributed by atoms with Crippen LogP contribution in [0.5, 0.6) is 0 Å². The summed E-state index contributed by atoms with van der Waals surface area (Å²) >= 11 is 0. The van der Waals surface area contributed by atoms with E-state index in [4.69, 9.17) is 10.5 Å². The number of halogens is 1. The van der Waals surface area contributed by atoms with Crippen molar-refractivity contribution in [3.63, 3.8) is 0 Å². The van der Waals surface area contributed by atoms with Gasteiger partial charge in [0.05, 0.1) is 5.60 Å². The molecule has 0 spiro atoms. The van der Waals surface area contributed by atoms with Gasteiger partial charge in [-0.15, -0.1) is 0 Å². The topological polar surface area (TPSA) is 35.2 Å². The molecule has 1 aliphatic carbocycles. The Labute approximate surface area is 60.5 Å². The summed E-state index contributed by atoms with van der Waals surface area (Å²) in [5.74, 6) is 0.482. The highest BCUT2D eigenvalue weighted by molar-refractivity contribution is 4.95. The van der Waals surface area contributed by atoms with Gasteiger partial charge >= 0.3 is 0 Å². The van der Waals surface area contributed by atoms with Crippen molar-refractivity contribution in [1.29, 1.82) is 0 Å². The summed E-state index contributed by atoms with van der Waals surface area (Å²) < 4.78 is 17.3. The number of rotatable bonds is 3. The van der Waals surface area contributed by atoms with Gasteiger partial charge in [0, 0.05) is 7.11 Å². The minimum Gasteiger partial charge on any atom is -0.375 e. The van der Waals surface area contributed by atoms with Crippen molar-refractivity contribution < 1.29 is 9.13 Å². The summed E-state index contributed by atoms with van der Waals surface area (Å²) in [4.78, 5) is 0. The van der Waals surface area contributed by atoms with Gasteiger partial charge in [-0.1, -0.05) is 0 Å². The lowest BCUT2D eigenvalue weighted by Gasteiger charge is -2.44. The zero-order valence-corrected chi connectivity index (χ0v) is 6.27. The summed E-state index contributed by atoms with van der Waals surface area (Å²) in [7, 11) is 1.56. The highest BCUT2D eigenvalue weighted by Crippen LogP contribution is 2.39. The summed E-state index contributed by atoms with van der Waals surface area (Å²) in [6.07, 6.45) is 1.58. The summed E-state index contributed by atoms with van der Waals surface area (Å²) in [5, 5.41) is 0. The molecule has 0 aliphatic heterocycles. The maximum absolute atomic E-state index is 12.2. The number of methoxy groups -OCH3 is 1. The van der Waals surface area contributed by atoms with Crippen LogP contribution in [0.3, 0.4) is 0 Å². The van der Waals surface area contributed by atoms with Crippen LogP contribution in [0.1, 0.15) is 12.8 Å². The van der Waals surface area contributed by atoms with Crippen LogP contribution in [0.4, 0.5) is 4.39 Å². The zero-order valence-electron chi connectivity index (χ0n) is 6.27. The van der Waals surface area contributed by atoms with Gasteiger partial charge in [-0.05, 0) is 25.3 Å². The van der Waals surface area contributed by atoms with E-state index in [2.05, 4.69) is 0 Å². The normalized spacial score (nSPS) is 39.3. The number of hydrogen-bond donors (Lipinski definition) is 1. The van der Waals surface area contributed by atoms with Crippen LogP contribution in [0.2, 0.25) is 0 Å². The fourth-order valence-electron chi connectivity index (χ4n) is 1.49. The molecule has 0 unspecified atom stereocenters. The van der Waals surface area contributed by atoms with Gasteiger partial charge < -0.3 is 10.5 Å². The summed E-state index contributed by atoms with van der Waals surface area (Å²) in [6.45, 7) is 0.283. The van der Waals surface area contributed by atoms with E-state index in [0.29, 0.717) is 12.5 Å². The molecule has 0 radical (unpaired) electrons. The first-order valence-corrected chi connectivity index (χ1v) is 3.57. The average molecular weight is 147 g/mol. The molecule has 0 aromatic carbocycles. The average Bonchev–Trinajstić information content (AvgIpc) is 1.89. The number of ether oxygens (including phenoxy) is 1. The van der Waals surface area contributed by atoms with Gasteiger partial charge in [0.2, 0.25) is 0 Å². The van der Waals surface area contributed by atoms with Crippen LogP contribution < -0.4 is 5.73 Å². The molecule has 3 heteroatoms. The molecule has 1 fully saturated rings. The van der Waals surface area contributed by atoms with Crippen LogP contribution >= 0.6 is 0 Å². The smallest absolute Gasteiger partial charge is 0.118 e. The predicted octanol–water partition coefficient (Wildman–Crippen LogP) is 0.710. The molecule has 10 heavy (non-hydrogen) atoms. The quantitative estimate of drug-likeness (QED) is 0.638. The molecule has 2 N–H and O–H groups in total. The van der Waals surface area contributed by atoms with Crippen LogP contribution in [0.15, 0.2) is 0 Å². The van der Waals surface area contributed by atoms with E-state index in [1.165, 1.54) is 0 Å². The fourth-order valence-corrected chi connectivity index (χ4v) is 1.49. The van der Waals surface area contributed by atoms with Crippen LogP contribution in [-0.4, -0.2) is 25.9 Å². The van der Waals surface area contributed by atoms with E-state index in [-0.39, 0.29) is 6.67 Å². The fraction of sp³-hybridized carbons (Fsp3) is 1.00. The molecular formula is C7H14FNO. The van der Waals surface area contributed by atoms with Crippen molar-refractivity contribution in [3.8, 4) is 0 Å². The Hall–Kier alpha value is -0.150. The highest BCUT2D eigenvalue weighted by Gasteiger charge is 2.43. The minimum atomic E-state index is -0.468. The molecule has 0 aromatic rings. The van der Waals surface area contributed by atoms with E-state index in [0.717, 1.165) is 12.8 Å². The van der Waals surface area contributed by atoms with E-state index < -0.39 is 5.60 Å². The lowest BCUT2D eigenvalue weighted by atomic mass is 9.71. The number of hydrogen-bond acceptors (Lipinski definition) is 2. The Kier molecular flexibility index (Phi) is 2.26. The molecule has 1 saturated carbocycles. The highest BCUT2D eigenvalue weighted by atomic mass is 19.1. The molecule has 1 aliphatic rings.